The van der Waals surface area contributed by atoms with Crippen molar-refractivity contribution in [3.05, 3.63) is 50.3 Å². The second-order valence-corrected chi connectivity index (χ2v) is 7.76. The van der Waals surface area contributed by atoms with E-state index in [9.17, 15) is 14.9 Å². The summed E-state index contributed by atoms with van der Waals surface area (Å²) in [7, 11) is 0. The van der Waals surface area contributed by atoms with Crippen LogP contribution in [0.2, 0.25) is 0 Å². The Morgan fingerprint density at radius 3 is 2.85 bits per heavy atom. The third-order valence-corrected chi connectivity index (χ3v) is 5.65. The molecule has 1 aromatic heterocycles. The van der Waals surface area contributed by atoms with Gasteiger partial charge < -0.3 is 5.32 Å². The first-order chi connectivity index (χ1) is 12.6. The number of rotatable bonds is 3. The largest absolute Gasteiger partial charge is 0.329 e. The van der Waals surface area contributed by atoms with Crippen LogP contribution in [0, 0.1) is 11.3 Å². The lowest BCUT2D eigenvalue weighted by molar-refractivity contribution is -0.136. The number of fused-ring (bicyclic) bond motifs is 1. The number of nitrogens with zero attached hydrogens (tertiary/aromatic N) is 2. The number of aryl methyl sites for hydroxylation is 1. The molecule has 1 aliphatic rings. The van der Waals surface area contributed by atoms with Gasteiger partial charge in [0, 0.05) is 9.35 Å². The van der Waals surface area contributed by atoms with Crippen molar-refractivity contribution < 1.29 is 9.59 Å². The lowest BCUT2D eigenvalue weighted by Crippen LogP contribution is -2.32. The van der Waals surface area contributed by atoms with Crippen molar-refractivity contribution in [3.8, 4) is 6.07 Å². The summed E-state index contributed by atoms with van der Waals surface area (Å²) in [5.74, 6) is -1.72. The van der Waals surface area contributed by atoms with E-state index in [-0.39, 0.29) is 0 Å². The predicted octanol–water partition coefficient (Wildman–Crippen LogP) is 3.35. The first-order valence-electron chi connectivity index (χ1n) is 8.03. The Labute approximate surface area is 163 Å². The van der Waals surface area contributed by atoms with Crippen molar-refractivity contribution in [2.24, 2.45) is 5.10 Å². The molecule has 1 heterocycles. The van der Waals surface area contributed by atoms with E-state index < -0.39 is 11.8 Å². The lowest BCUT2D eigenvalue weighted by Gasteiger charge is -2.09. The maximum absolute atomic E-state index is 12.1. The Morgan fingerprint density at radius 2 is 2.08 bits per heavy atom. The van der Waals surface area contributed by atoms with Crippen LogP contribution in [0.5, 0.6) is 0 Å². The minimum atomic E-state index is -0.883. The molecule has 26 heavy (non-hydrogen) atoms. The maximum Gasteiger partial charge on any atom is 0.329 e. The summed E-state index contributed by atoms with van der Waals surface area (Å²) in [6.07, 6.45) is 5.31. The number of anilines is 1. The molecule has 0 fully saturated rings. The van der Waals surface area contributed by atoms with Gasteiger partial charge in [0.1, 0.15) is 11.1 Å². The van der Waals surface area contributed by atoms with Gasteiger partial charge in [0.15, 0.2) is 0 Å². The van der Waals surface area contributed by atoms with E-state index in [0.717, 1.165) is 46.2 Å². The van der Waals surface area contributed by atoms with E-state index in [1.165, 1.54) is 17.6 Å². The Hall–Kier alpha value is -2.50. The minimum absolute atomic E-state index is 0.440. The molecular weight excluding hydrogens is 416 g/mol. The van der Waals surface area contributed by atoms with E-state index in [4.69, 9.17) is 0 Å². The lowest BCUT2D eigenvalue weighted by atomic mass is 9.96. The summed E-state index contributed by atoms with van der Waals surface area (Å²) in [5, 5.41) is 16.1. The highest BCUT2D eigenvalue weighted by Gasteiger charge is 2.23. The topological polar surface area (TPSA) is 94.4 Å². The van der Waals surface area contributed by atoms with Crippen molar-refractivity contribution in [1.82, 2.24) is 5.43 Å². The Morgan fingerprint density at radius 1 is 1.27 bits per heavy atom. The van der Waals surface area contributed by atoms with Crippen LogP contribution in [0.1, 0.15) is 34.4 Å². The van der Waals surface area contributed by atoms with Gasteiger partial charge in [-0.3, -0.25) is 9.59 Å². The van der Waals surface area contributed by atoms with Crippen LogP contribution in [0.4, 0.5) is 5.00 Å². The number of amides is 2. The molecular formula is C18H15BrN4O2S. The van der Waals surface area contributed by atoms with Gasteiger partial charge in [0.2, 0.25) is 0 Å². The van der Waals surface area contributed by atoms with Gasteiger partial charge >= 0.3 is 11.8 Å². The van der Waals surface area contributed by atoms with Gasteiger partial charge in [-0.1, -0.05) is 28.1 Å². The number of hydrogen-bond acceptors (Lipinski definition) is 5. The highest BCUT2D eigenvalue weighted by molar-refractivity contribution is 9.10. The quantitative estimate of drug-likeness (QED) is 0.443. The van der Waals surface area contributed by atoms with Crippen LogP contribution in [-0.4, -0.2) is 18.0 Å². The molecule has 0 bridgehead atoms. The first-order valence-corrected chi connectivity index (χ1v) is 9.64. The third kappa shape index (κ3) is 4.18. The number of hydrazone groups is 1. The van der Waals surface area contributed by atoms with E-state index in [0.29, 0.717) is 10.6 Å². The van der Waals surface area contributed by atoms with E-state index >= 15 is 0 Å². The van der Waals surface area contributed by atoms with Gasteiger partial charge in [-0.05, 0) is 48.9 Å². The Kier molecular flexibility index (Phi) is 5.81. The number of nitrogens with one attached hydrogen (secondary N) is 2. The molecule has 1 aliphatic carbocycles. The number of carbonyl (C=O) groups is 2. The zero-order chi connectivity index (χ0) is 18.5. The van der Waals surface area contributed by atoms with Gasteiger partial charge in [-0.15, -0.1) is 11.3 Å². The van der Waals surface area contributed by atoms with Crippen LogP contribution < -0.4 is 10.7 Å². The summed E-state index contributed by atoms with van der Waals surface area (Å²) in [6, 6.07) is 9.49. The molecule has 1 aromatic carbocycles. The number of carbonyl (C=O) groups excluding carboxylic acids is 2. The molecule has 0 unspecified atom stereocenters. The van der Waals surface area contributed by atoms with Crippen molar-refractivity contribution >= 4 is 50.3 Å². The predicted molar refractivity (Wildman–Crippen MR) is 104 cm³/mol. The second kappa shape index (κ2) is 8.25. The molecule has 0 saturated heterocycles. The molecule has 0 saturated carbocycles. The molecule has 0 radical (unpaired) electrons. The summed E-state index contributed by atoms with van der Waals surface area (Å²) in [4.78, 5) is 25.1. The number of benzene rings is 1. The molecule has 0 aliphatic heterocycles. The van der Waals surface area contributed by atoms with Gasteiger partial charge in [0.05, 0.1) is 11.8 Å². The zero-order valence-corrected chi connectivity index (χ0v) is 16.1. The van der Waals surface area contributed by atoms with Crippen molar-refractivity contribution in [1.29, 1.82) is 5.26 Å². The van der Waals surface area contributed by atoms with Gasteiger partial charge in [-0.25, -0.2) is 5.43 Å². The molecule has 6 nitrogen and oxygen atoms in total. The Balaban J connectivity index is 1.64. The van der Waals surface area contributed by atoms with Crippen LogP contribution in [0.15, 0.2) is 33.8 Å². The van der Waals surface area contributed by atoms with E-state index in [1.54, 1.807) is 0 Å². The maximum atomic E-state index is 12.1. The molecule has 2 N–H and O–H groups in total. The zero-order valence-electron chi connectivity index (χ0n) is 13.7. The number of thiophene rings is 1. The van der Waals surface area contributed by atoms with E-state index in [2.05, 4.69) is 37.8 Å². The Bertz CT molecular complexity index is 930. The summed E-state index contributed by atoms with van der Waals surface area (Å²) in [6.45, 7) is 0. The minimum Gasteiger partial charge on any atom is -0.308 e. The monoisotopic (exact) mass is 430 g/mol. The fraction of sp³-hybridized carbons (Fsp3) is 0.222. The standard InChI is InChI=1S/C18H15BrN4O2S/c19-12-5-3-4-11(8-12)10-21-23-17(25)16(24)22-18-14(9-20)13-6-1-2-7-15(13)26-18/h3-5,8,10H,1-2,6-7H2,(H,22,24)(H,23,25). The van der Waals surface area contributed by atoms with Crippen molar-refractivity contribution in [2.45, 2.75) is 25.7 Å². The molecule has 0 spiro atoms. The number of halogens is 1. The molecule has 2 aromatic rings. The number of hydrogen-bond donors (Lipinski definition) is 2. The SMILES string of the molecule is N#Cc1c(NC(=O)C(=O)NN=Cc2cccc(Br)c2)sc2c1CCCC2. The average Bonchev–Trinajstić information content (AvgIpc) is 2.98. The summed E-state index contributed by atoms with van der Waals surface area (Å²) in [5.41, 5.74) is 4.45. The van der Waals surface area contributed by atoms with E-state index in [1.807, 2.05) is 24.3 Å². The van der Waals surface area contributed by atoms with Crippen molar-refractivity contribution in [3.63, 3.8) is 0 Å². The fourth-order valence-corrected chi connectivity index (χ4v) is 4.39. The number of nitriles is 1. The van der Waals surface area contributed by atoms with Crippen LogP contribution in [-0.2, 0) is 22.4 Å². The van der Waals surface area contributed by atoms with Gasteiger partial charge in [0.25, 0.3) is 0 Å². The molecule has 0 atom stereocenters. The van der Waals surface area contributed by atoms with Gasteiger partial charge in [-0.2, -0.15) is 10.4 Å². The third-order valence-electron chi connectivity index (χ3n) is 3.94. The fourth-order valence-electron chi connectivity index (χ4n) is 2.74. The molecule has 132 valence electrons. The van der Waals surface area contributed by atoms with Crippen LogP contribution in [0.25, 0.3) is 0 Å². The van der Waals surface area contributed by atoms with Crippen LogP contribution >= 0.6 is 27.3 Å². The molecule has 3 rings (SSSR count). The normalized spacial score (nSPS) is 13.1. The molecule has 8 heteroatoms. The summed E-state index contributed by atoms with van der Waals surface area (Å²) < 4.78 is 0.885. The van der Waals surface area contributed by atoms with Crippen LogP contribution in [0.3, 0.4) is 0 Å². The highest BCUT2D eigenvalue weighted by Crippen LogP contribution is 2.37. The van der Waals surface area contributed by atoms with Crippen molar-refractivity contribution in [2.75, 3.05) is 5.32 Å². The second-order valence-electron chi connectivity index (χ2n) is 5.74. The first kappa shape index (κ1) is 18.3. The summed E-state index contributed by atoms with van der Waals surface area (Å²) >= 11 is 4.72. The molecule has 2 amide bonds. The average molecular weight is 431 g/mol. The smallest absolute Gasteiger partial charge is 0.308 e. The highest BCUT2D eigenvalue weighted by atomic mass is 79.9.